The molecule has 5 rings (SSSR count). The first kappa shape index (κ1) is 24.1. The Hall–Kier alpha value is -2.63. The van der Waals surface area contributed by atoms with Crippen LogP contribution in [-0.4, -0.2) is 29.2 Å². The Morgan fingerprint density at radius 3 is 2.51 bits per heavy atom. The Morgan fingerprint density at radius 2 is 1.77 bits per heavy atom. The molecule has 0 N–H and O–H groups in total. The summed E-state index contributed by atoms with van der Waals surface area (Å²) in [6, 6.07) is 15.0. The summed E-state index contributed by atoms with van der Waals surface area (Å²) < 4.78 is 5.44. The summed E-state index contributed by atoms with van der Waals surface area (Å²) in [6.07, 6.45) is 8.67. The number of allylic oxidation sites excluding steroid dienone is 1. The fourth-order valence-corrected chi connectivity index (χ4v) is 5.80. The summed E-state index contributed by atoms with van der Waals surface area (Å²) in [5, 5.41) is 7.69. The number of ether oxygens (including phenoxy) is 1. The lowest BCUT2D eigenvalue weighted by atomic mass is 9.77. The zero-order valence-corrected chi connectivity index (χ0v) is 21.0. The van der Waals surface area contributed by atoms with Crippen LogP contribution in [0.15, 0.2) is 59.2 Å². The molecule has 1 amide bonds. The highest BCUT2D eigenvalue weighted by Gasteiger charge is 2.44. The fraction of sp³-hybridized carbons (Fsp3) is 0.393. The molecular weight excluding hydrogens is 483 g/mol. The van der Waals surface area contributed by atoms with Gasteiger partial charge in [0, 0.05) is 16.0 Å². The number of hydrogen-bond donors (Lipinski definition) is 0. The first-order valence-electron chi connectivity index (χ1n) is 12.3. The lowest BCUT2D eigenvalue weighted by molar-refractivity contribution is -0.156. The number of amides is 1. The Bertz CT molecular complexity index is 1170. The molecule has 2 aliphatic carbocycles. The van der Waals surface area contributed by atoms with E-state index in [-0.39, 0.29) is 36.4 Å². The van der Waals surface area contributed by atoms with Crippen molar-refractivity contribution < 1.29 is 14.3 Å². The van der Waals surface area contributed by atoms with Crippen LogP contribution in [0.2, 0.25) is 10.0 Å². The molecule has 5 nitrogen and oxygen atoms in total. The van der Waals surface area contributed by atoms with Gasteiger partial charge < -0.3 is 4.74 Å². The molecule has 3 aliphatic rings. The number of carbonyl (C=O) groups is 2. The monoisotopic (exact) mass is 510 g/mol. The maximum absolute atomic E-state index is 13.3. The molecule has 1 heterocycles. The molecule has 0 aromatic heterocycles. The van der Waals surface area contributed by atoms with Crippen molar-refractivity contribution in [1.82, 2.24) is 5.01 Å². The maximum Gasteiger partial charge on any atom is 0.309 e. The molecule has 35 heavy (non-hydrogen) atoms. The van der Waals surface area contributed by atoms with Crippen molar-refractivity contribution in [1.29, 1.82) is 0 Å². The van der Waals surface area contributed by atoms with E-state index >= 15 is 0 Å². The van der Waals surface area contributed by atoms with Gasteiger partial charge in [0.05, 0.1) is 17.7 Å². The largest absolute Gasteiger partial charge is 0.455 e. The van der Waals surface area contributed by atoms with Gasteiger partial charge in [-0.05, 0) is 79.1 Å². The number of esters is 1. The van der Waals surface area contributed by atoms with Crippen LogP contribution < -0.4 is 0 Å². The Morgan fingerprint density at radius 1 is 1.00 bits per heavy atom. The van der Waals surface area contributed by atoms with Crippen molar-refractivity contribution in [2.45, 2.75) is 51.0 Å². The molecule has 7 heteroatoms. The maximum atomic E-state index is 13.3. The number of carbonyl (C=O) groups excluding carboxylic acids is 2. The predicted molar refractivity (Wildman–Crippen MR) is 138 cm³/mol. The third-order valence-corrected chi connectivity index (χ3v) is 7.67. The minimum absolute atomic E-state index is 0.0600. The van der Waals surface area contributed by atoms with Crippen LogP contribution in [0.25, 0.3) is 6.08 Å². The second kappa shape index (κ2) is 10.5. The summed E-state index contributed by atoms with van der Waals surface area (Å²) >= 11 is 12.3. The van der Waals surface area contributed by atoms with Gasteiger partial charge in [0.25, 0.3) is 5.91 Å². The predicted octanol–water partition coefficient (Wildman–Crippen LogP) is 6.85. The Balaban J connectivity index is 1.43. The second-order valence-electron chi connectivity index (χ2n) is 9.53. The number of fused-ring (bicyclic) bond motifs is 1. The number of rotatable bonds is 5. The SMILES string of the molecule is O=C(OCC(=O)N1N=C2C(=Cc3cccc(Cl)c3)CCCC2C1c1ccc(Cl)cc1)C1CCCC1. The van der Waals surface area contributed by atoms with Crippen LogP contribution in [0.1, 0.15) is 62.1 Å². The lowest BCUT2D eigenvalue weighted by Gasteiger charge is -2.29. The summed E-state index contributed by atoms with van der Waals surface area (Å²) in [7, 11) is 0. The van der Waals surface area contributed by atoms with Gasteiger partial charge in [-0.2, -0.15) is 5.10 Å². The third kappa shape index (κ3) is 5.31. The molecule has 0 radical (unpaired) electrons. The molecule has 2 aromatic rings. The van der Waals surface area contributed by atoms with Crippen molar-refractivity contribution in [2.75, 3.05) is 6.61 Å². The quantitative estimate of drug-likeness (QED) is 0.413. The van der Waals surface area contributed by atoms with Gasteiger partial charge in [0.2, 0.25) is 0 Å². The number of nitrogens with zero attached hydrogens (tertiary/aromatic N) is 2. The van der Waals surface area contributed by atoms with E-state index in [2.05, 4.69) is 6.08 Å². The van der Waals surface area contributed by atoms with Crippen molar-refractivity contribution in [3.05, 3.63) is 75.3 Å². The molecule has 0 spiro atoms. The van der Waals surface area contributed by atoms with E-state index in [4.69, 9.17) is 33.0 Å². The van der Waals surface area contributed by atoms with Gasteiger partial charge >= 0.3 is 5.97 Å². The van der Waals surface area contributed by atoms with Gasteiger partial charge in [-0.3, -0.25) is 9.59 Å². The number of hydrazone groups is 1. The molecule has 2 atom stereocenters. The van der Waals surface area contributed by atoms with Crippen molar-refractivity contribution in [3.8, 4) is 0 Å². The van der Waals surface area contributed by atoms with E-state index in [0.29, 0.717) is 10.0 Å². The third-order valence-electron chi connectivity index (χ3n) is 7.18. The van der Waals surface area contributed by atoms with Crippen LogP contribution in [0.4, 0.5) is 0 Å². The molecule has 1 aliphatic heterocycles. The van der Waals surface area contributed by atoms with Crippen molar-refractivity contribution >= 4 is 46.9 Å². The summed E-state index contributed by atoms with van der Waals surface area (Å²) in [5.74, 6) is -0.607. The van der Waals surface area contributed by atoms with Crippen LogP contribution >= 0.6 is 23.2 Å². The van der Waals surface area contributed by atoms with E-state index in [9.17, 15) is 9.59 Å². The summed E-state index contributed by atoms with van der Waals surface area (Å²) in [6.45, 7) is -0.295. The van der Waals surface area contributed by atoms with E-state index < -0.39 is 0 Å². The Labute approximate surface area is 215 Å². The zero-order chi connectivity index (χ0) is 24.4. The minimum Gasteiger partial charge on any atom is -0.455 e. The first-order chi connectivity index (χ1) is 17.0. The molecule has 2 aromatic carbocycles. The second-order valence-corrected chi connectivity index (χ2v) is 10.4. The van der Waals surface area contributed by atoms with E-state index in [1.165, 1.54) is 5.01 Å². The number of benzene rings is 2. The number of halogens is 2. The molecule has 2 fully saturated rings. The molecule has 0 bridgehead atoms. The molecule has 0 saturated heterocycles. The van der Waals surface area contributed by atoms with Crippen LogP contribution in [0.3, 0.4) is 0 Å². The molecule has 2 saturated carbocycles. The first-order valence-corrected chi connectivity index (χ1v) is 13.0. The van der Waals surface area contributed by atoms with Crippen molar-refractivity contribution in [3.63, 3.8) is 0 Å². The van der Waals surface area contributed by atoms with Gasteiger partial charge in [-0.25, -0.2) is 5.01 Å². The van der Waals surface area contributed by atoms with Gasteiger partial charge in [-0.15, -0.1) is 0 Å². The highest BCUT2D eigenvalue weighted by Crippen LogP contribution is 2.44. The molecular formula is C28H28Cl2N2O3. The van der Waals surface area contributed by atoms with Gasteiger partial charge in [0.1, 0.15) is 0 Å². The van der Waals surface area contributed by atoms with E-state index in [1.54, 1.807) is 0 Å². The van der Waals surface area contributed by atoms with E-state index in [1.807, 2.05) is 48.5 Å². The highest BCUT2D eigenvalue weighted by molar-refractivity contribution is 6.31. The highest BCUT2D eigenvalue weighted by atomic mass is 35.5. The topological polar surface area (TPSA) is 59.0 Å². The van der Waals surface area contributed by atoms with Crippen molar-refractivity contribution in [2.24, 2.45) is 16.9 Å². The average Bonchev–Trinajstić information content (AvgIpc) is 3.52. The average molecular weight is 511 g/mol. The van der Waals surface area contributed by atoms with Crippen LogP contribution in [-0.2, 0) is 14.3 Å². The zero-order valence-electron chi connectivity index (χ0n) is 19.5. The Kier molecular flexibility index (Phi) is 7.26. The van der Waals surface area contributed by atoms with Crippen LogP contribution in [0, 0.1) is 11.8 Å². The minimum atomic E-state index is -0.305. The molecule has 182 valence electrons. The van der Waals surface area contributed by atoms with Crippen LogP contribution in [0.5, 0.6) is 0 Å². The van der Waals surface area contributed by atoms with E-state index in [0.717, 1.165) is 67.4 Å². The fourth-order valence-electron chi connectivity index (χ4n) is 5.48. The summed E-state index contributed by atoms with van der Waals surface area (Å²) in [5.41, 5.74) is 4.01. The van der Waals surface area contributed by atoms with Gasteiger partial charge in [-0.1, -0.05) is 60.3 Å². The normalized spacial score (nSPS) is 23.3. The number of hydrogen-bond acceptors (Lipinski definition) is 4. The standard InChI is InChI=1S/C28H28Cl2N2O3/c29-22-13-11-19(12-14-22)27-24-10-4-8-21(15-18-5-3-9-23(30)16-18)26(24)31-32(27)25(33)17-35-28(34)20-6-1-2-7-20/h3,5,9,11-16,20,24,27H,1-2,4,6-8,10,17H2. The lowest BCUT2D eigenvalue weighted by Crippen LogP contribution is -2.35. The summed E-state index contributed by atoms with van der Waals surface area (Å²) in [4.78, 5) is 25.8. The van der Waals surface area contributed by atoms with Gasteiger partial charge in [0.15, 0.2) is 6.61 Å². The molecule has 2 unspecified atom stereocenters. The smallest absolute Gasteiger partial charge is 0.309 e.